The van der Waals surface area contributed by atoms with E-state index in [1.165, 1.54) is 40.4 Å². The molecule has 19 heavy (non-hydrogen) atoms. The molecule has 0 spiro atoms. The van der Waals surface area contributed by atoms with Crippen molar-refractivity contribution in [2.45, 2.75) is 25.4 Å². The van der Waals surface area contributed by atoms with Gasteiger partial charge in [0, 0.05) is 23.2 Å². The lowest BCUT2D eigenvalue weighted by Crippen LogP contribution is -2.32. The van der Waals surface area contributed by atoms with Gasteiger partial charge in [0.15, 0.2) is 0 Å². The highest BCUT2D eigenvalue weighted by atomic mass is 32.2. The summed E-state index contributed by atoms with van der Waals surface area (Å²) in [6.07, 6.45) is 2.70. The maximum Gasteiger partial charge on any atom is 0.0302 e. The van der Waals surface area contributed by atoms with Gasteiger partial charge in [0.05, 0.1) is 0 Å². The standard InChI is InChI=1S/C16H19NS2/c1-2-5-13(6-3-1)14-9-16(19-11-14)10-17-15-7-4-8-18-12-15/h1-3,5-6,9,11,15,17H,4,7-8,10,12H2. The third-order valence-electron chi connectivity index (χ3n) is 3.49. The average molecular weight is 289 g/mol. The van der Waals surface area contributed by atoms with Gasteiger partial charge in [-0.15, -0.1) is 11.3 Å². The van der Waals surface area contributed by atoms with E-state index in [4.69, 9.17) is 0 Å². The first-order valence-corrected chi connectivity index (χ1v) is 8.89. The van der Waals surface area contributed by atoms with Gasteiger partial charge in [0.2, 0.25) is 0 Å². The Morgan fingerprint density at radius 2 is 2.05 bits per heavy atom. The van der Waals surface area contributed by atoms with Crippen molar-refractivity contribution in [3.8, 4) is 11.1 Å². The second-order valence-corrected chi connectivity index (χ2v) is 7.11. The first kappa shape index (κ1) is 13.2. The molecule has 1 unspecified atom stereocenters. The molecule has 0 amide bonds. The topological polar surface area (TPSA) is 12.0 Å². The first-order chi connectivity index (χ1) is 9.42. The van der Waals surface area contributed by atoms with Gasteiger partial charge in [-0.3, -0.25) is 0 Å². The minimum atomic E-state index is 0.709. The highest BCUT2D eigenvalue weighted by Crippen LogP contribution is 2.25. The van der Waals surface area contributed by atoms with Gasteiger partial charge in [0.25, 0.3) is 0 Å². The highest BCUT2D eigenvalue weighted by Gasteiger charge is 2.13. The van der Waals surface area contributed by atoms with E-state index in [9.17, 15) is 0 Å². The number of benzene rings is 1. The molecule has 1 atom stereocenters. The molecule has 3 rings (SSSR count). The molecule has 1 N–H and O–H groups in total. The summed E-state index contributed by atoms with van der Waals surface area (Å²) in [5, 5.41) is 5.96. The minimum absolute atomic E-state index is 0.709. The molecule has 2 aromatic rings. The Hall–Kier alpha value is -0.770. The van der Waals surface area contributed by atoms with Crippen LogP contribution in [0, 0.1) is 0 Å². The lowest BCUT2D eigenvalue weighted by molar-refractivity contribution is 0.510. The van der Waals surface area contributed by atoms with E-state index < -0.39 is 0 Å². The Morgan fingerprint density at radius 1 is 1.16 bits per heavy atom. The Kier molecular flexibility index (Phi) is 4.59. The zero-order valence-corrected chi connectivity index (χ0v) is 12.6. The van der Waals surface area contributed by atoms with Gasteiger partial charge in [-0.1, -0.05) is 30.3 Å². The fourth-order valence-electron chi connectivity index (χ4n) is 2.40. The summed E-state index contributed by atoms with van der Waals surface area (Å²) in [4.78, 5) is 1.44. The van der Waals surface area contributed by atoms with Crippen molar-refractivity contribution >= 4 is 23.1 Å². The van der Waals surface area contributed by atoms with Crippen molar-refractivity contribution in [2.75, 3.05) is 11.5 Å². The third kappa shape index (κ3) is 3.62. The molecule has 3 heteroatoms. The summed E-state index contributed by atoms with van der Waals surface area (Å²) in [5.41, 5.74) is 2.67. The smallest absolute Gasteiger partial charge is 0.0302 e. The van der Waals surface area contributed by atoms with Crippen molar-refractivity contribution in [3.63, 3.8) is 0 Å². The summed E-state index contributed by atoms with van der Waals surface area (Å²) in [6, 6.07) is 13.7. The summed E-state index contributed by atoms with van der Waals surface area (Å²) in [6.45, 7) is 1.02. The van der Waals surface area contributed by atoms with E-state index in [-0.39, 0.29) is 0 Å². The fraction of sp³-hybridized carbons (Fsp3) is 0.375. The van der Waals surface area contributed by atoms with Crippen LogP contribution < -0.4 is 5.32 Å². The first-order valence-electron chi connectivity index (χ1n) is 6.86. The molecule has 1 aromatic carbocycles. The van der Waals surface area contributed by atoms with Crippen LogP contribution in [0.4, 0.5) is 0 Å². The molecule has 0 radical (unpaired) electrons. The highest BCUT2D eigenvalue weighted by molar-refractivity contribution is 7.99. The van der Waals surface area contributed by atoms with Crippen LogP contribution >= 0.6 is 23.1 Å². The van der Waals surface area contributed by atoms with Gasteiger partial charge in [0.1, 0.15) is 0 Å². The predicted molar refractivity (Wildman–Crippen MR) is 86.9 cm³/mol. The molecular formula is C16H19NS2. The van der Waals surface area contributed by atoms with E-state index in [2.05, 4.69) is 58.9 Å². The van der Waals surface area contributed by atoms with E-state index in [0.717, 1.165) is 6.54 Å². The molecule has 0 bridgehead atoms. The Balaban J connectivity index is 1.59. The summed E-state index contributed by atoms with van der Waals surface area (Å²) in [5.74, 6) is 2.62. The number of thioether (sulfide) groups is 1. The number of nitrogens with one attached hydrogen (secondary N) is 1. The van der Waals surface area contributed by atoms with Crippen molar-refractivity contribution < 1.29 is 0 Å². The summed E-state index contributed by atoms with van der Waals surface area (Å²) >= 11 is 3.94. The van der Waals surface area contributed by atoms with Crippen molar-refractivity contribution in [1.29, 1.82) is 0 Å². The summed E-state index contributed by atoms with van der Waals surface area (Å²) < 4.78 is 0. The molecule has 0 aliphatic carbocycles. The van der Waals surface area contributed by atoms with Crippen LogP contribution in [-0.2, 0) is 6.54 Å². The Bertz CT molecular complexity index is 500. The van der Waals surface area contributed by atoms with Crippen LogP contribution in [-0.4, -0.2) is 17.5 Å². The molecule has 1 fully saturated rings. The van der Waals surface area contributed by atoms with Crippen LogP contribution in [0.5, 0.6) is 0 Å². The lowest BCUT2D eigenvalue weighted by Gasteiger charge is -2.22. The molecule has 1 saturated heterocycles. The van der Waals surface area contributed by atoms with Crippen LogP contribution in [0.1, 0.15) is 17.7 Å². The van der Waals surface area contributed by atoms with E-state index in [0.29, 0.717) is 6.04 Å². The van der Waals surface area contributed by atoms with Crippen molar-refractivity contribution in [3.05, 3.63) is 46.7 Å². The van der Waals surface area contributed by atoms with E-state index in [1.54, 1.807) is 0 Å². The fourth-order valence-corrected chi connectivity index (χ4v) is 4.35. The predicted octanol–water partition coefficient (Wildman–Crippen LogP) is 4.40. The molecule has 2 heterocycles. The number of thiophene rings is 1. The Labute approximate surface area is 123 Å². The van der Waals surface area contributed by atoms with E-state index >= 15 is 0 Å². The van der Waals surface area contributed by atoms with Crippen molar-refractivity contribution in [1.82, 2.24) is 5.32 Å². The molecular weight excluding hydrogens is 270 g/mol. The largest absolute Gasteiger partial charge is 0.308 e. The van der Waals surface area contributed by atoms with Crippen LogP contribution in [0.25, 0.3) is 11.1 Å². The van der Waals surface area contributed by atoms with Crippen LogP contribution in [0.2, 0.25) is 0 Å². The second-order valence-electron chi connectivity index (χ2n) is 4.96. The maximum absolute atomic E-state index is 3.69. The molecule has 1 aromatic heterocycles. The maximum atomic E-state index is 3.69. The average Bonchev–Trinajstić information content (AvgIpc) is 2.96. The zero-order chi connectivity index (χ0) is 12.9. The van der Waals surface area contributed by atoms with Crippen LogP contribution in [0.3, 0.4) is 0 Å². The minimum Gasteiger partial charge on any atom is -0.308 e. The van der Waals surface area contributed by atoms with Gasteiger partial charge in [-0.2, -0.15) is 11.8 Å². The van der Waals surface area contributed by atoms with Gasteiger partial charge < -0.3 is 5.32 Å². The normalized spacial score (nSPS) is 19.5. The zero-order valence-electron chi connectivity index (χ0n) is 11.0. The number of hydrogen-bond acceptors (Lipinski definition) is 3. The lowest BCUT2D eigenvalue weighted by atomic mass is 10.1. The molecule has 1 aliphatic rings. The van der Waals surface area contributed by atoms with Gasteiger partial charge in [-0.25, -0.2) is 0 Å². The second kappa shape index (κ2) is 6.60. The van der Waals surface area contributed by atoms with E-state index in [1.807, 2.05) is 11.3 Å². The SMILES string of the molecule is c1ccc(-c2csc(CNC3CCCSC3)c2)cc1. The quantitative estimate of drug-likeness (QED) is 0.895. The number of hydrogen-bond donors (Lipinski definition) is 1. The van der Waals surface area contributed by atoms with Crippen LogP contribution in [0.15, 0.2) is 41.8 Å². The van der Waals surface area contributed by atoms with Gasteiger partial charge >= 0.3 is 0 Å². The number of rotatable bonds is 4. The molecule has 100 valence electrons. The summed E-state index contributed by atoms with van der Waals surface area (Å²) in [7, 11) is 0. The molecule has 1 aliphatic heterocycles. The monoisotopic (exact) mass is 289 g/mol. The molecule has 0 saturated carbocycles. The third-order valence-corrected chi connectivity index (χ3v) is 5.64. The Morgan fingerprint density at radius 3 is 2.84 bits per heavy atom. The van der Waals surface area contributed by atoms with Crippen molar-refractivity contribution in [2.24, 2.45) is 0 Å². The van der Waals surface area contributed by atoms with Gasteiger partial charge in [-0.05, 0) is 41.2 Å². The molecule has 1 nitrogen and oxygen atoms in total.